The molecule has 30 heavy (non-hydrogen) atoms. The molecule has 1 N–H and O–H groups in total. The normalized spacial score (nSPS) is 18.0. The molecule has 2 heterocycles. The van der Waals surface area contributed by atoms with Crippen LogP contribution in [0, 0.1) is 0 Å². The molecule has 1 atom stereocenters. The van der Waals surface area contributed by atoms with Gasteiger partial charge in [0.05, 0.1) is 18.1 Å². The molecule has 2 aromatic carbocycles. The highest BCUT2D eigenvalue weighted by Crippen LogP contribution is 2.35. The van der Waals surface area contributed by atoms with E-state index in [2.05, 4.69) is 23.5 Å². The van der Waals surface area contributed by atoms with Crippen LogP contribution in [0.4, 0.5) is 0 Å². The number of benzene rings is 2. The summed E-state index contributed by atoms with van der Waals surface area (Å²) < 4.78 is 45.1. The van der Waals surface area contributed by atoms with Crippen LogP contribution in [0.5, 0.6) is 11.5 Å². The van der Waals surface area contributed by atoms with E-state index in [0.717, 1.165) is 24.2 Å². The first-order valence-electron chi connectivity index (χ1n) is 10.2. The fourth-order valence-corrected chi connectivity index (χ4v) is 4.81. The Bertz CT molecular complexity index is 970. The van der Waals surface area contributed by atoms with E-state index in [9.17, 15) is 8.42 Å². The lowest BCUT2D eigenvalue weighted by atomic mass is 10.0. The zero-order valence-corrected chi connectivity index (χ0v) is 18.2. The average Bonchev–Trinajstić information content (AvgIpc) is 3.23. The lowest BCUT2D eigenvalue weighted by Gasteiger charge is -2.35. The lowest BCUT2D eigenvalue weighted by molar-refractivity contribution is 0.0171. The van der Waals surface area contributed by atoms with Gasteiger partial charge in [-0.1, -0.05) is 32.0 Å². The van der Waals surface area contributed by atoms with Gasteiger partial charge < -0.3 is 14.2 Å². The van der Waals surface area contributed by atoms with E-state index in [-0.39, 0.29) is 24.3 Å². The molecule has 8 heteroatoms. The maximum absolute atomic E-state index is 12.9. The van der Waals surface area contributed by atoms with Gasteiger partial charge in [-0.25, -0.2) is 13.1 Å². The second kappa shape index (κ2) is 8.93. The highest BCUT2D eigenvalue weighted by Gasteiger charge is 2.27. The topological polar surface area (TPSA) is 77.1 Å². The molecular weight excluding hydrogens is 404 g/mol. The van der Waals surface area contributed by atoms with Crippen molar-refractivity contribution in [1.82, 2.24) is 9.62 Å². The van der Waals surface area contributed by atoms with E-state index in [0.29, 0.717) is 30.6 Å². The van der Waals surface area contributed by atoms with Gasteiger partial charge in [-0.3, -0.25) is 4.90 Å². The molecule has 0 aliphatic carbocycles. The standard InChI is InChI=1S/C22H28N2O5S/c1-16(2)17-3-6-19(7-4-17)30(25,26)23-14-20(24-9-11-27-12-10-24)18-5-8-21-22(13-18)29-15-28-21/h3-8,13,16,20,23H,9-12,14-15H2,1-2H3/t20-/m0/s1. The SMILES string of the molecule is CC(C)c1ccc(S(=O)(=O)NC[C@@H](c2ccc3c(c2)OCO3)N2CCOCC2)cc1. The van der Waals surface area contributed by atoms with Crippen molar-refractivity contribution >= 4 is 10.0 Å². The lowest BCUT2D eigenvalue weighted by Crippen LogP contribution is -2.43. The third kappa shape index (κ3) is 4.62. The highest BCUT2D eigenvalue weighted by molar-refractivity contribution is 7.89. The van der Waals surface area contributed by atoms with E-state index >= 15 is 0 Å². The molecule has 0 radical (unpaired) electrons. The van der Waals surface area contributed by atoms with E-state index in [1.54, 1.807) is 12.1 Å². The van der Waals surface area contributed by atoms with Crippen LogP contribution in [0.3, 0.4) is 0 Å². The van der Waals surface area contributed by atoms with Crippen molar-refractivity contribution < 1.29 is 22.6 Å². The van der Waals surface area contributed by atoms with E-state index in [1.807, 2.05) is 30.3 Å². The van der Waals surface area contributed by atoms with Crippen LogP contribution in [-0.4, -0.2) is 53.0 Å². The van der Waals surface area contributed by atoms with Crippen molar-refractivity contribution in [3.63, 3.8) is 0 Å². The minimum absolute atomic E-state index is 0.131. The summed E-state index contributed by atoms with van der Waals surface area (Å²) in [6.45, 7) is 7.37. The van der Waals surface area contributed by atoms with E-state index in [1.165, 1.54) is 0 Å². The minimum Gasteiger partial charge on any atom is -0.454 e. The third-order valence-electron chi connectivity index (χ3n) is 5.59. The Balaban J connectivity index is 1.54. The zero-order valence-electron chi connectivity index (χ0n) is 17.3. The van der Waals surface area contributed by atoms with Crippen molar-refractivity contribution in [1.29, 1.82) is 0 Å². The Labute approximate surface area is 178 Å². The Morgan fingerprint density at radius 3 is 2.33 bits per heavy atom. The van der Waals surface area contributed by atoms with E-state index in [4.69, 9.17) is 14.2 Å². The number of rotatable bonds is 7. The van der Waals surface area contributed by atoms with Gasteiger partial charge >= 0.3 is 0 Å². The number of nitrogens with one attached hydrogen (secondary N) is 1. The Morgan fingerprint density at radius 2 is 1.63 bits per heavy atom. The number of hydrogen-bond acceptors (Lipinski definition) is 6. The minimum atomic E-state index is -3.62. The summed E-state index contributed by atoms with van der Waals surface area (Å²) in [5, 5.41) is 0. The molecule has 0 spiro atoms. The van der Waals surface area contributed by atoms with Crippen molar-refractivity contribution in [2.24, 2.45) is 0 Å². The molecule has 2 aliphatic rings. The third-order valence-corrected chi connectivity index (χ3v) is 7.03. The largest absolute Gasteiger partial charge is 0.454 e. The second-order valence-electron chi connectivity index (χ2n) is 7.85. The summed E-state index contributed by atoms with van der Waals surface area (Å²) in [4.78, 5) is 2.52. The number of morpholine rings is 1. The fourth-order valence-electron chi connectivity index (χ4n) is 3.77. The Hall–Kier alpha value is -2.13. The second-order valence-corrected chi connectivity index (χ2v) is 9.62. The van der Waals surface area contributed by atoms with Gasteiger partial charge in [0.15, 0.2) is 11.5 Å². The maximum atomic E-state index is 12.9. The quantitative estimate of drug-likeness (QED) is 0.725. The van der Waals surface area contributed by atoms with Crippen LogP contribution >= 0.6 is 0 Å². The summed E-state index contributed by atoms with van der Waals surface area (Å²) in [7, 11) is -3.62. The van der Waals surface area contributed by atoms with Gasteiger partial charge in [0, 0.05) is 25.7 Å². The number of nitrogens with zero attached hydrogens (tertiary/aromatic N) is 1. The molecule has 0 bridgehead atoms. The fraction of sp³-hybridized carbons (Fsp3) is 0.455. The molecule has 0 unspecified atom stereocenters. The summed E-state index contributed by atoms with van der Waals surface area (Å²) in [6.07, 6.45) is 0. The molecule has 0 saturated carbocycles. The smallest absolute Gasteiger partial charge is 0.240 e. The highest BCUT2D eigenvalue weighted by atomic mass is 32.2. The molecule has 1 fully saturated rings. The van der Waals surface area contributed by atoms with Gasteiger partial charge in [-0.15, -0.1) is 0 Å². The predicted octanol–water partition coefficient (Wildman–Crippen LogP) is 2.89. The summed E-state index contributed by atoms with van der Waals surface area (Å²) in [5.74, 6) is 1.76. The molecule has 7 nitrogen and oxygen atoms in total. The van der Waals surface area contributed by atoms with Crippen molar-refractivity contribution in [2.75, 3.05) is 39.6 Å². The van der Waals surface area contributed by atoms with Crippen LogP contribution in [0.2, 0.25) is 0 Å². The van der Waals surface area contributed by atoms with Crippen LogP contribution in [0.25, 0.3) is 0 Å². The first kappa shape index (κ1) is 21.1. The van der Waals surface area contributed by atoms with Crippen LogP contribution in [0.15, 0.2) is 47.4 Å². The average molecular weight is 433 g/mol. The Morgan fingerprint density at radius 1 is 0.967 bits per heavy atom. The molecule has 4 rings (SSSR count). The van der Waals surface area contributed by atoms with Gasteiger partial charge in [0.1, 0.15) is 0 Å². The van der Waals surface area contributed by atoms with Crippen molar-refractivity contribution in [3.8, 4) is 11.5 Å². The monoisotopic (exact) mass is 432 g/mol. The summed E-state index contributed by atoms with van der Waals surface area (Å²) in [5.41, 5.74) is 2.10. The maximum Gasteiger partial charge on any atom is 0.240 e. The zero-order chi connectivity index (χ0) is 21.1. The van der Waals surface area contributed by atoms with Crippen LogP contribution in [0.1, 0.15) is 36.9 Å². The molecule has 0 amide bonds. The molecule has 0 aromatic heterocycles. The van der Waals surface area contributed by atoms with Crippen molar-refractivity contribution in [3.05, 3.63) is 53.6 Å². The van der Waals surface area contributed by atoms with Gasteiger partial charge in [-0.2, -0.15) is 0 Å². The molecular formula is C22H28N2O5S. The van der Waals surface area contributed by atoms with Crippen LogP contribution in [-0.2, 0) is 14.8 Å². The van der Waals surface area contributed by atoms with Gasteiger partial charge in [0.2, 0.25) is 16.8 Å². The summed E-state index contributed by atoms with van der Waals surface area (Å²) >= 11 is 0. The molecule has 162 valence electrons. The van der Waals surface area contributed by atoms with Gasteiger partial charge in [-0.05, 0) is 41.3 Å². The number of ether oxygens (including phenoxy) is 3. The Kier molecular flexibility index (Phi) is 6.29. The molecule has 2 aliphatic heterocycles. The number of hydrogen-bond donors (Lipinski definition) is 1. The van der Waals surface area contributed by atoms with E-state index < -0.39 is 10.0 Å². The predicted molar refractivity (Wildman–Crippen MR) is 113 cm³/mol. The molecule has 2 aromatic rings. The van der Waals surface area contributed by atoms with Gasteiger partial charge in [0.25, 0.3) is 0 Å². The van der Waals surface area contributed by atoms with Crippen LogP contribution < -0.4 is 14.2 Å². The van der Waals surface area contributed by atoms with Crippen molar-refractivity contribution in [2.45, 2.75) is 30.7 Å². The first-order valence-corrected chi connectivity index (χ1v) is 11.7. The number of fused-ring (bicyclic) bond motifs is 1. The summed E-state index contributed by atoms with van der Waals surface area (Å²) in [6, 6.07) is 12.7. The molecule has 1 saturated heterocycles. The first-order chi connectivity index (χ1) is 14.4. The number of sulfonamides is 1.